The van der Waals surface area contributed by atoms with Gasteiger partial charge in [0.05, 0.1) is 11.1 Å². The fraction of sp³-hybridized carbons (Fsp3) is 0.364. The van der Waals surface area contributed by atoms with Gasteiger partial charge in [-0.1, -0.05) is 24.3 Å². The Labute approximate surface area is 153 Å². The van der Waals surface area contributed by atoms with Gasteiger partial charge in [-0.25, -0.2) is 4.98 Å². The number of hydrogen-bond acceptors (Lipinski definition) is 2. The highest BCUT2D eigenvalue weighted by Gasteiger charge is 2.45. The van der Waals surface area contributed by atoms with E-state index in [1.807, 2.05) is 36.6 Å². The van der Waals surface area contributed by atoms with E-state index in [2.05, 4.69) is 34.6 Å². The summed E-state index contributed by atoms with van der Waals surface area (Å²) in [5.74, 6) is 0.646. The molecule has 4 heteroatoms. The summed E-state index contributed by atoms with van der Waals surface area (Å²) >= 11 is 0. The quantitative estimate of drug-likeness (QED) is 0.755. The highest BCUT2D eigenvalue weighted by molar-refractivity contribution is 6.00. The first-order valence-corrected chi connectivity index (χ1v) is 9.45. The van der Waals surface area contributed by atoms with Gasteiger partial charge in [0, 0.05) is 17.6 Å². The van der Waals surface area contributed by atoms with E-state index < -0.39 is 0 Å². The molecule has 26 heavy (non-hydrogen) atoms. The standard InChI is InChI=1S/C22H23N3O/c1-14-13-15(2)25-12-9-18(20(25)23-14)21(26)24-22-10-7-16(8-11-22)17-5-3-4-6-19(17)22/h3-6,9,12-13,16H,7-8,10-11H2,1-2H3,(H,24,26)/t16-,22-. The van der Waals surface area contributed by atoms with Crippen LogP contribution in [0.3, 0.4) is 0 Å². The maximum Gasteiger partial charge on any atom is 0.255 e. The Morgan fingerprint density at radius 1 is 1.19 bits per heavy atom. The second kappa shape index (κ2) is 5.44. The number of amides is 1. The van der Waals surface area contributed by atoms with E-state index in [1.54, 1.807) is 0 Å². The minimum atomic E-state index is -0.227. The van der Waals surface area contributed by atoms with E-state index in [1.165, 1.54) is 11.1 Å². The van der Waals surface area contributed by atoms with Crippen molar-refractivity contribution >= 4 is 11.6 Å². The maximum atomic E-state index is 13.2. The molecule has 2 aromatic heterocycles. The largest absolute Gasteiger partial charge is 0.342 e. The fourth-order valence-electron chi connectivity index (χ4n) is 5.03. The van der Waals surface area contributed by atoms with Crippen molar-refractivity contribution in [3.8, 4) is 0 Å². The van der Waals surface area contributed by atoms with Crippen LogP contribution < -0.4 is 5.32 Å². The number of nitrogens with zero attached hydrogens (tertiary/aromatic N) is 2. The van der Waals surface area contributed by atoms with Crippen molar-refractivity contribution in [3.05, 3.63) is 70.7 Å². The van der Waals surface area contributed by atoms with E-state index in [9.17, 15) is 4.79 Å². The van der Waals surface area contributed by atoms with Gasteiger partial charge in [-0.15, -0.1) is 0 Å². The molecule has 4 nitrogen and oxygen atoms in total. The van der Waals surface area contributed by atoms with Gasteiger partial charge in [-0.05, 0) is 68.7 Å². The molecular formula is C22H23N3O. The Bertz CT molecular complexity index is 1030. The van der Waals surface area contributed by atoms with Crippen LogP contribution in [0, 0.1) is 13.8 Å². The number of aryl methyl sites for hydroxylation is 2. The molecule has 0 atom stereocenters. The third kappa shape index (κ3) is 2.14. The number of aromatic nitrogens is 2. The normalized spacial score (nSPS) is 23.8. The smallest absolute Gasteiger partial charge is 0.255 e. The Morgan fingerprint density at radius 2 is 1.96 bits per heavy atom. The van der Waals surface area contributed by atoms with Gasteiger partial charge in [0.1, 0.15) is 5.65 Å². The van der Waals surface area contributed by atoms with E-state index in [4.69, 9.17) is 0 Å². The Hall–Kier alpha value is -2.62. The minimum Gasteiger partial charge on any atom is -0.342 e. The van der Waals surface area contributed by atoms with Crippen LogP contribution in [-0.4, -0.2) is 15.3 Å². The molecule has 1 N–H and O–H groups in total. The molecule has 1 amide bonds. The first-order chi connectivity index (χ1) is 12.6. The third-order valence-electron chi connectivity index (χ3n) is 6.29. The summed E-state index contributed by atoms with van der Waals surface area (Å²) in [5, 5.41) is 3.42. The van der Waals surface area contributed by atoms with E-state index >= 15 is 0 Å². The molecule has 3 aromatic rings. The van der Waals surface area contributed by atoms with Crippen LogP contribution in [0.5, 0.6) is 0 Å². The summed E-state index contributed by atoms with van der Waals surface area (Å²) in [6, 6.07) is 12.6. The van der Waals surface area contributed by atoms with Crippen LogP contribution >= 0.6 is 0 Å². The molecule has 1 aromatic carbocycles. The van der Waals surface area contributed by atoms with Crippen molar-refractivity contribution in [2.75, 3.05) is 0 Å². The predicted octanol–water partition coefficient (Wildman–Crippen LogP) is 4.25. The molecule has 3 aliphatic carbocycles. The van der Waals surface area contributed by atoms with E-state index in [0.717, 1.165) is 42.7 Å². The number of nitrogens with one attached hydrogen (secondary N) is 1. The minimum absolute atomic E-state index is 0.0137. The molecule has 2 heterocycles. The van der Waals surface area contributed by atoms with Crippen LogP contribution in [0.2, 0.25) is 0 Å². The highest BCUT2D eigenvalue weighted by atomic mass is 16.1. The average Bonchev–Trinajstić information content (AvgIpc) is 3.07. The van der Waals surface area contributed by atoms with Crippen LogP contribution in [0.25, 0.3) is 5.65 Å². The SMILES string of the molecule is Cc1cc(C)n2ccc(C(=O)N[C@]34CC[C@H](CC3)c3ccccc34)c2n1. The molecule has 0 aliphatic heterocycles. The van der Waals surface area contributed by atoms with Crippen molar-refractivity contribution in [2.45, 2.75) is 51.0 Å². The van der Waals surface area contributed by atoms with Gasteiger partial charge in [-0.2, -0.15) is 0 Å². The zero-order chi connectivity index (χ0) is 17.9. The number of hydrogen-bond donors (Lipinski definition) is 1. The molecule has 0 saturated heterocycles. The van der Waals surface area contributed by atoms with Gasteiger partial charge in [-0.3, -0.25) is 4.79 Å². The molecule has 1 fully saturated rings. The summed E-state index contributed by atoms with van der Waals surface area (Å²) in [4.78, 5) is 17.9. The zero-order valence-electron chi connectivity index (χ0n) is 15.2. The second-order valence-corrected chi connectivity index (χ2v) is 7.86. The fourth-order valence-corrected chi connectivity index (χ4v) is 5.03. The molecule has 1 saturated carbocycles. The van der Waals surface area contributed by atoms with Gasteiger partial charge in [0.2, 0.25) is 0 Å². The summed E-state index contributed by atoms with van der Waals surface area (Å²) in [5.41, 5.74) is 5.95. The Morgan fingerprint density at radius 3 is 2.77 bits per heavy atom. The number of carbonyl (C=O) groups is 1. The molecule has 132 valence electrons. The van der Waals surface area contributed by atoms with Crippen LogP contribution in [-0.2, 0) is 5.54 Å². The number of benzene rings is 1. The van der Waals surface area contributed by atoms with E-state index in [0.29, 0.717) is 11.5 Å². The average molecular weight is 345 g/mol. The lowest BCUT2D eigenvalue weighted by atomic mass is 9.62. The second-order valence-electron chi connectivity index (χ2n) is 7.86. The number of carbonyl (C=O) groups excluding carboxylic acids is 1. The molecular weight excluding hydrogens is 322 g/mol. The van der Waals surface area contributed by atoms with Gasteiger partial charge in [0.15, 0.2) is 0 Å². The predicted molar refractivity (Wildman–Crippen MR) is 101 cm³/mol. The topological polar surface area (TPSA) is 46.4 Å². The summed E-state index contributed by atoms with van der Waals surface area (Å²) < 4.78 is 1.99. The number of rotatable bonds is 2. The lowest BCUT2D eigenvalue weighted by Crippen LogP contribution is -2.51. The lowest BCUT2D eigenvalue weighted by Gasteiger charge is -2.48. The Balaban J connectivity index is 1.56. The van der Waals surface area contributed by atoms with Crippen molar-refractivity contribution in [3.63, 3.8) is 0 Å². The summed E-state index contributed by atoms with van der Waals surface area (Å²) in [6.07, 6.45) is 6.30. The first kappa shape index (κ1) is 15.6. The highest BCUT2D eigenvalue weighted by Crippen LogP contribution is 2.51. The number of fused-ring (bicyclic) bond motifs is 3. The van der Waals surface area contributed by atoms with Crippen LogP contribution in [0.4, 0.5) is 0 Å². The molecule has 6 rings (SSSR count). The lowest BCUT2D eigenvalue weighted by molar-refractivity contribution is 0.0842. The molecule has 2 bridgehead atoms. The summed E-state index contributed by atoms with van der Waals surface area (Å²) in [7, 11) is 0. The molecule has 0 unspecified atom stereocenters. The Kier molecular flexibility index (Phi) is 3.27. The van der Waals surface area contributed by atoms with Crippen LogP contribution in [0.15, 0.2) is 42.6 Å². The summed E-state index contributed by atoms with van der Waals surface area (Å²) in [6.45, 7) is 4.01. The third-order valence-corrected chi connectivity index (χ3v) is 6.29. The molecule has 3 aliphatic rings. The van der Waals surface area contributed by atoms with Crippen molar-refractivity contribution in [1.29, 1.82) is 0 Å². The van der Waals surface area contributed by atoms with Gasteiger partial charge >= 0.3 is 0 Å². The first-order valence-electron chi connectivity index (χ1n) is 9.45. The van der Waals surface area contributed by atoms with Crippen LogP contribution in [0.1, 0.15) is 64.5 Å². The molecule has 0 radical (unpaired) electrons. The molecule has 0 spiro atoms. The van der Waals surface area contributed by atoms with Gasteiger partial charge in [0.25, 0.3) is 5.91 Å². The monoisotopic (exact) mass is 345 g/mol. The van der Waals surface area contributed by atoms with E-state index in [-0.39, 0.29) is 11.4 Å². The maximum absolute atomic E-state index is 13.2. The van der Waals surface area contributed by atoms with Crippen molar-refractivity contribution < 1.29 is 4.79 Å². The van der Waals surface area contributed by atoms with Crippen molar-refractivity contribution in [2.24, 2.45) is 0 Å². The van der Waals surface area contributed by atoms with Gasteiger partial charge < -0.3 is 9.72 Å². The zero-order valence-corrected chi connectivity index (χ0v) is 15.2. The van der Waals surface area contributed by atoms with Crippen molar-refractivity contribution in [1.82, 2.24) is 14.7 Å².